The number of rotatable bonds is 16. The Kier molecular flexibility index (Phi) is 11.8. The first-order chi connectivity index (χ1) is 12.3. The van der Waals surface area contributed by atoms with Crippen LogP contribution in [0.1, 0.15) is 80.1 Å². The molecule has 0 aromatic carbocycles. The van der Waals surface area contributed by atoms with E-state index in [1.54, 1.807) is 0 Å². The molecule has 0 aromatic rings. The van der Waals surface area contributed by atoms with Gasteiger partial charge >= 0.3 is 11.9 Å². The second kappa shape index (κ2) is 12.3. The fourth-order valence-corrected chi connectivity index (χ4v) is 2.64. The van der Waals surface area contributed by atoms with Gasteiger partial charge in [-0.15, -0.1) is 0 Å². The molecule has 0 aromatic heterocycles. The summed E-state index contributed by atoms with van der Waals surface area (Å²) in [5.41, 5.74) is -0.863. The summed E-state index contributed by atoms with van der Waals surface area (Å²) in [6, 6.07) is 0.547. The molecule has 27 heavy (non-hydrogen) atoms. The third-order valence-electron chi connectivity index (χ3n) is 4.54. The summed E-state index contributed by atoms with van der Waals surface area (Å²) >= 11 is 0. The first kappa shape index (κ1) is 25.8. The molecule has 0 spiro atoms. The van der Waals surface area contributed by atoms with Gasteiger partial charge in [0.2, 0.25) is 0 Å². The fourth-order valence-electron chi connectivity index (χ4n) is 2.64. The normalized spacial score (nSPS) is 14.7. The summed E-state index contributed by atoms with van der Waals surface area (Å²) in [6.07, 6.45) is 2.89. The second-order valence-electron chi connectivity index (χ2n) is 8.55. The van der Waals surface area contributed by atoms with Crippen LogP contribution in [-0.2, 0) is 19.1 Å². The quantitative estimate of drug-likeness (QED) is 0.371. The number of aliphatic carboxylic acids is 2. The van der Waals surface area contributed by atoms with Gasteiger partial charge in [0, 0.05) is 38.1 Å². The summed E-state index contributed by atoms with van der Waals surface area (Å²) < 4.78 is 11.7. The number of carboxylic acids is 2. The predicted octanol–water partition coefficient (Wildman–Crippen LogP) is 3.45. The molecule has 0 fully saturated rings. The van der Waals surface area contributed by atoms with Crippen molar-refractivity contribution >= 4 is 11.9 Å². The largest absolute Gasteiger partial charge is 0.481 e. The number of ether oxygens (including phenoxy) is 2. The van der Waals surface area contributed by atoms with Crippen molar-refractivity contribution in [1.82, 2.24) is 5.32 Å². The minimum atomic E-state index is -0.802. The number of carboxylic acid groups (broad SMARTS) is 2. The Morgan fingerprint density at radius 1 is 0.815 bits per heavy atom. The number of carbonyl (C=O) groups is 2. The van der Waals surface area contributed by atoms with Crippen LogP contribution >= 0.6 is 0 Å². The summed E-state index contributed by atoms with van der Waals surface area (Å²) in [7, 11) is 0. The highest BCUT2D eigenvalue weighted by Gasteiger charge is 2.21. The van der Waals surface area contributed by atoms with Crippen LogP contribution < -0.4 is 5.32 Å². The van der Waals surface area contributed by atoms with Crippen LogP contribution in [0, 0.1) is 0 Å². The summed E-state index contributed by atoms with van der Waals surface area (Å²) in [6.45, 7) is 13.0. The lowest BCUT2D eigenvalue weighted by Crippen LogP contribution is -2.37. The van der Waals surface area contributed by atoms with Crippen molar-refractivity contribution in [3.63, 3.8) is 0 Å². The molecule has 0 saturated carbocycles. The van der Waals surface area contributed by atoms with Crippen molar-refractivity contribution in [2.45, 2.75) is 103 Å². The Hall–Kier alpha value is -1.18. The highest BCUT2D eigenvalue weighted by Crippen LogP contribution is 2.18. The number of hydrogen-bond acceptors (Lipinski definition) is 5. The highest BCUT2D eigenvalue weighted by atomic mass is 16.5. The molecule has 0 bridgehead atoms. The molecule has 0 aliphatic carbocycles. The van der Waals surface area contributed by atoms with Gasteiger partial charge in [-0.1, -0.05) is 0 Å². The summed E-state index contributed by atoms with van der Waals surface area (Å²) in [4.78, 5) is 21.3. The molecule has 0 rings (SSSR count). The van der Waals surface area contributed by atoms with E-state index < -0.39 is 23.1 Å². The summed E-state index contributed by atoms with van der Waals surface area (Å²) in [5.74, 6) is -1.60. The zero-order valence-electron chi connectivity index (χ0n) is 17.8. The lowest BCUT2D eigenvalue weighted by Gasteiger charge is -2.28. The summed E-state index contributed by atoms with van der Waals surface area (Å²) in [5, 5.41) is 21.0. The minimum Gasteiger partial charge on any atom is -0.481 e. The molecule has 0 radical (unpaired) electrons. The smallest absolute Gasteiger partial charge is 0.303 e. The van der Waals surface area contributed by atoms with Gasteiger partial charge in [-0.05, 0) is 67.2 Å². The van der Waals surface area contributed by atoms with Crippen molar-refractivity contribution in [1.29, 1.82) is 0 Å². The molecule has 3 N–H and O–H groups in total. The van der Waals surface area contributed by atoms with Crippen molar-refractivity contribution in [3.8, 4) is 0 Å². The van der Waals surface area contributed by atoms with E-state index in [4.69, 9.17) is 19.7 Å². The van der Waals surface area contributed by atoms with Gasteiger partial charge in [0.05, 0.1) is 11.2 Å². The Bertz CT molecular complexity index is 410. The van der Waals surface area contributed by atoms with E-state index >= 15 is 0 Å². The first-order valence-corrected chi connectivity index (χ1v) is 9.80. The molecular weight excluding hydrogens is 350 g/mol. The van der Waals surface area contributed by atoms with Crippen LogP contribution in [0.2, 0.25) is 0 Å². The van der Waals surface area contributed by atoms with Gasteiger partial charge in [0.15, 0.2) is 0 Å². The standard InChI is InChI=1S/C20H39NO6/c1-15(9-13-26-19(3,4)11-7-17(22)23)21-16(2)10-14-27-20(5,6)12-8-18(24)25/h15-16,21H,7-14H2,1-6H3,(H,22,23)(H,24,25). The van der Waals surface area contributed by atoms with Gasteiger partial charge in [0.25, 0.3) is 0 Å². The van der Waals surface area contributed by atoms with Gasteiger partial charge in [-0.3, -0.25) is 9.59 Å². The van der Waals surface area contributed by atoms with Crippen LogP contribution in [0.15, 0.2) is 0 Å². The molecule has 0 saturated heterocycles. The molecule has 0 aliphatic rings. The van der Waals surface area contributed by atoms with Crippen LogP contribution in [-0.4, -0.2) is 58.7 Å². The van der Waals surface area contributed by atoms with Gasteiger partial charge in [-0.2, -0.15) is 0 Å². The molecule has 0 aliphatic heterocycles. The number of hydrogen-bond donors (Lipinski definition) is 3. The molecule has 160 valence electrons. The third kappa shape index (κ3) is 15.6. The van der Waals surface area contributed by atoms with E-state index in [1.807, 2.05) is 27.7 Å². The Morgan fingerprint density at radius 2 is 1.15 bits per heavy atom. The first-order valence-electron chi connectivity index (χ1n) is 9.80. The molecule has 2 atom stereocenters. The van der Waals surface area contributed by atoms with Crippen molar-refractivity contribution in [3.05, 3.63) is 0 Å². The Balaban J connectivity index is 3.96. The predicted molar refractivity (Wildman–Crippen MR) is 105 cm³/mol. The van der Waals surface area contributed by atoms with Crippen LogP contribution in [0.5, 0.6) is 0 Å². The molecule has 0 amide bonds. The zero-order chi connectivity index (χ0) is 21.1. The molecule has 0 heterocycles. The minimum absolute atomic E-state index is 0.112. The molecule has 2 unspecified atom stereocenters. The van der Waals surface area contributed by atoms with E-state index in [-0.39, 0.29) is 24.9 Å². The van der Waals surface area contributed by atoms with Crippen LogP contribution in [0.25, 0.3) is 0 Å². The Morgan fingerprint density at radius 3 is 1.44 bits per heavy atom. The lowest BCUT2D eigenvalue weighted by molar-refractivity contribution is -0.139. The van der Waals surface area contributed by atoms with E-state index in [0.29, 0.717) is 26.1 Å². The third-order valence-corrected chi connectivity index (χ3v) is 4.54. The van der Waals surface area contributed by atoms with Crippen LogP contribution in [0.4, 0.5) is 0 Å². The van der Waals surface area contributed by atoms with Gasteiger partial charge in [-0.25, -0.2) is 0 Å². The maximum atomic E-state index is 10.7. The number of nitrogens with one attached hydrogen (secondary N) is 1. The molecular formula is C20H39NO6. The topological polar surface area (TPSA) is 105 Å². The van der Waals surface area contributed by atoms with Gasteiger partial charge < -0.3 is 25.0 Å². The molecule has 7 heteroatoms. The SMILES string of the molecule is CC(CCOC(C)(C)CCC(=O)O)NC(C)CCOC(C)(C)CCC(=O)O. The maximum absolute atomic E-state index is 10.7. The average molecular weight is 390 g/mol. The second-order valence-corrected chi connectivity index (χ2v) is 8.55. The van der Waals surface area contributed by atoms with Crippen molar-refractivity contribution < 1.29 is 29.3 Å². The van der Waals surface area contributed by atoms with E-state index in [0.717, 1.165) is 12.8 Å². The Labute approximate surface area is 163 Å². The van der Waals surface area contributed by atoms with Gasteiger partial charge in [0.1, 0.15) is 0 Å². The van der Waals surface area contributed by atoms with Crippen molar-refractivity contribution in [2.24, 2.45) is 0 Å². The fraction of sp³-hybridized carbons (Fsp3) is 0.900. The van der Waals surface area contributed by atoms with E-state index in [9.17, 15) is 9.59 Å². The van der Waals surface area contributed by atoms with Crippen molar-refractivity contribution in [2.75, 3.05) is 13.2 Å². The lowest BCUT2D eigenvalue weighted by atomic mass is 10.0. The van der Waals surface area contributed by atoms with E-state index in [2.05, 4.69) is 19.2 Å². The molecule has 7 nitrogen and oxygen atoms in total. The van der Waals surface area contributed by atoms with Crippen LogP contribution in [0.3, 0.4) is 0 Å². The zero-order valence-corrected chi connectivity index (χ0v) is 17.8. The maximum Gasteiger partial charge on any atom is 0.303 e. The highest BCUT2D eigenvalue weighted by molar-refractivity contribution is 5.67. The monoisotopic (exact) mass is 389 g/mol. The average Bonchev–Trinajstić information content (AvgIpc) is 2.51. The van der Waals surface area contributed by atoms with E-state index in [1.165, 1.54) is 0 Å².